The van der Waals surface area contributed by atoms with E-state index in [-0.39, 0.29) is 23.7 Å². The molecule has 2 aromatic carbocycles. The first-order valence-corrected chi connectivity index (χ1v) is 13.2. The number of likely N-dealkylation sites (N-methyl/N-ethyl adjacent to an activating group) is 1. The second kappa shape index (κ2) is 11.9. The molecule has 2 aromatic rings. The molecule has 1 aliphatic carbocycles. The van der Waals surface area contributed by atoms with Gasteiger partial charge in [0, 0.05) is 7.05 Å². The summed E-state index contributed by atoms with van der Waals surface area (Å²) in [6.07, 6.45) is -0.705. The first-order chi connectivity index (χ1) is 18.6. The molecule has 6 atom stereocenters. The highest BCUT2D eigenvalue weighted by atomic mass is 16.5. The summed E-state index contributed by atoms with van der Waals surface area (Å²) in [5.74, 6) is -3.84. The molecule has 1 saturated heterocycles. The quantitative estimate of drug-likeness (QED) is 0.422. The first-order valence-electron chi connectivity index (χ1n) is 13.2. The normalized spacial score (nSPS) is 28.5. The second-order valence-corrected chi connectivity index (χ2v) is 10.4. The van der Waals surface area contributed by atoms with E-state index in [2.05, 4.69) is 10.6 Å². The van der Waals surface area contributed by atoms with E-state index in [0.29, 0.717) is 0 Å². The van der Waals surface area contributed by atoms with Crippen molar-refractivity contribution in [3.8, 4) is 5.75 Å². The molecule has 4 N–H and O–H groups in total. The number of hydrogen-bond acceptors (Lipinski definition) is 7. The maximum atomic E-state index is 13.6. The van der Waals surface area contributed by atoms with Gasteiger partial charge in [-0.05, 0) is 49.8 Å². The van der Waals surface area contributed by atoms with E-state index in [1.54, 1.807) is 19.1 Å². The number of amides is 3. The first kappa shape index (κ1) is 28.1. The predicted molar refractivity (Wildman–Crippen MR) is 141 cm³/mol. The zero-order valence-corrected chi connectivity index (χ0v) is 22.2. The molecule has 10 heteroatoms. The molecular formula is C29H35N3O7. The number of aliphatic hydroxyl groups is 1. The van der Waals surface area contributed by atoms with Crippen molar-refractivity contribution in [1.82, 2.24) is 15.5 Å². The molecule has 3 amide bonds. The topological polar surface area (TPSA) is 145 Å². The predicted octanol–water partition coefficient (Wildman–Crippen LogP) is 1.40. The van der Waals surface area contributed by atoms with Crippen molar-refractivity contribution in [3.63, 3.8) is 0 Å². The number of nitrogens with zero attached hydrogens (tertiary/aromatic N) is 1. The summed E-state index contributed by atoms with van der Waals surface area (Å²) in [5, 5.41) is 26.9. The SMILES string of the molecule is C[C@H]1OC(=O)C(C2CC2)N(C)C(=O)[C@H](C)[C@H](O)[C@H](Cc2ccccc2)NC(=O)[C@H]1NC(=O)c1ccccc1O. The van der Waals surface area contributed by atoms with Crippen LogP contribution in [0, 0.1) is 11.8 Å². The molecule has 1 aliphatic heterocycles. The molecule has 0 radical (unpaired) electrons. The number of esters is 1. The summed E-state index contributed by atoms with van der Waals surface area (Å²) < 4.78 is 5.69. The standard InChI is InChI=1S/C29H35N3O7/c1-16-25(34)21(15-18-9-5-4-6-10-18)30-27(36)23(31-26(35)20-11-7-8-12-22(20)33)17(2)39-29(38)24(19-13-14-19)32(3)28(16)37/h4-12,16-17,19,21,23-25,33-34H,13-15H2,1-3H3,(H,30,36)(H,31,35)/t16-,17-,21+,23+,24?,25+/m1/s1. The lowest BCUT2D eigenvalue weighted by Gasteiger charge is -2.36. The lowest BCUT2D eigenvalue weighted by atomic mass is 9.90. The monoisotopic (exact) mass is 537 g/mol. The summed E-state index contributed by atoms with van der Waals surface area (Å²) in [6.45, 7) is 3.05. The molecule has 0 bridgehead atoms. The van der Waals surface area contributed by atoms with Gasteiger partial charge in [0.1, 0.15) is 23.9 Å². The Hall–Kier alpha value is -3.92. The molecule has 1 saturated carbocycles. The Balaban J connectivity index is 1.70. The van der Waals surface area contributed by atoms with Gasteiger partial charge < -0.3 is 30.5 Å². The third-order valence-corrected chi connectivity index (χ3v) is 7.50. The molecule has 208 valence electrons. The van der Waals surface area contributed by atoms with Gasteiger partial charge in [0.25, 0.3) is 5.91 Å². The van der Waals surface area contributed by atoms with Gasteiger partial charge in [-0.2, -0.15) is 0 Å². The van der Waals surface area contributed by atoms with Crippen LogP contribution in [-0.2, 0) is 25.5 Å². The van der Waals surface area contributed by atoms with Crippen LogP contribution in [0.4, 0.5) is 0 Å². The molecule has 2 aliphatic rings. The number of carbonyl (C=O) groups is 4. The number of rotatable bonds is 5. The molecule has 39 heavy (non-hydrogen) atoms. The Morgan fingerprint density at radius 1 is 1.05 bits per heavy atom. The van der Waals surface area contributed by atoms with Gasteiger partial charge in [-0.3, -0.25) is 14.4 Å². The van der Waals surface area contributed by atoms with Crippen LogP contribution in [0.5, 0.6) is 5.75 Å². The molecule has 10 nitrogen and oxygen atoms in total. The zero-order chi connectivity index (χ0) is 28.3. The van der Waals surface area contributed by atoms with Crippen LogP contribution in [-0.4, -0.2) is 76.2 Å². The van der Waals surface area contributed by atoms with E-state index in [1.807, 2.05) is 30.3 Å². The van der Waals surface area contributed by atoms with E-state index in [1.165, 1.54) is 31.0 Å². The minimum Gasteiger partial charge on any atom is -0.507 e. The largest absolute Gasteiger partial charge is 0.507 e. The van der Waals surface area contributed by atoms with Crippen LogP contribution in [0.2, 0.25) is 0 Å². The van der Waals surface area contributed by atoms with Crippen LogP contribution < -0.4 is 10.6 Å². The number of cyclic esters (lactones) is 1. The van der Waals surface area contributed by atoms with E-state index < -0.39 is 59.9 Å². The lowest BCUT2D eigenvalue weighted by molar-refractivity contribution is -0.164. The number of ether oxygens (including phenoxy) is 1. The molecule has 0 spiro atoms. The maximum absolute atomic E-state index is 13.6. The Morgan fingerprint density at radius 2 is 1.69 bits per heavy atom. The van der Waals surface area contributed by atoms with Crippen LogP contribution in [0.15, 0.2) is 54.6 Å². The fourth-order valence-corrected chi connectivity index (χ4v) is 5.03. The number of nitrogens with one attached hydrogen (secondary N) is 2. The van der Waals surface area contributed by atoms with Crippen molar-refractivity contribution >= 4 is 23.7 Å². The summed E-state index contributed by atoms with van der Waals surface area (Å²) >= 11 is 0. The highest BCUT2D eigenvalue weighted by Gasteiger charge is 2.46. The van der Waals surface area contributed by atoms with Crippen LogP contribution in [0.3, 0.4) is 0 Å². The maximum Gasteiger partial charge on any atom is 0.329 e. The Bertz CT molecular complexity index is 1220. The van der Waals surface area contributed by atoms with Crippen molar-refractivity contribution < 1.29 is 34.1 Å². The van der Waals surface area contributed by atoms with Gasteiger partial charge in [-0.25, -0.2) is 4.79 Å². The Kier molecular flexibility index (Phi) is 8.54. The van der Waals surface area contributed by atoms with E-state index in [4.69, 9.17) is 4.74 Å². The van der Waals surface area contributed by atoms with Gasteiger partial charge >= 0.3 is 5.97 Å². The van der Waals surface area contributed by atoms with Crippen molar-refractivity contribution in [1.29, 1.82) is 0 Å². The number of hydrogen-bond donors (Lipinski definition) is 4. The molecule has 1 unspecified atom stereocenters. The summed E-state index contributed by atoms with van der Waals surface area (Å²) in [4.78, 5) is 54.7. The fraction of sp³-hybridized carbons (Fsp3) is 0.448. The smallest absolute Gasteiger partial charge is 0.329 e. The van der Waals surface area contributed by atoms with Gasteiger partial charge in [0.15, 0.2) is 0 Å². The molecule has 0 aromatic heterocycles. The number of aliphatic hydroxyl groups excluding tert-OH is 1. The molecule has 2 fully saturated rings. The van der Waals surface area contributed by atoms with Crippen LogP contribution in [0.1, 0.15) is 42.6 Å². The second-order valence-electron chi connectivity index (χ2n) is 10.4. The van der Waals surface area contributed by atoms with E-state index in [0.717, 1.165) is 18.4 Å². The number of phenols is 1. The Labute approximate surface area is 227 Å². The molecule has 1 heterocycles. The zero-order valence-electron chi connectivity index (χ0n) is 22.2. The lowest BCUT2D eigenvalue weighted by Crippen LogP contribution is -2.61. The third kappa shape index (κ3) is 6.39. The van der Waals surface area contributed by atoms with E-state index in [9.17, 15) is 29.4 Å². The van der Waals surface area contributed by atoms with Gasteiger partial charge in [-0.15, -0.1) is 0 Å². The highest BCUT2D eigenvalue weighted by molar-refractivity contribution is 6.00. The Morgan fingerprint density at radius 3 is 2.33 bits per heavy atom. The van der Waals surface area contributed by atoms with E-state index >= 15 is 0 Å². The van der Waals surface area contributed by atoms with Crippen molar-refractivity contribution in [3.05, 3.63) is 65.7 Å². The number of benzene rings is 2. The third-order valence-electron chi connectivity index (χ3n) is 7.50. The number of carbonyl (C=O) groups excluding carboxylic acids is 4. The minimum absolute atomic E-state index is 0.0503. The van der Waals surface area contributed by atoms with Gasteiger partial charge in [0.2, 0.25) is 11.8 Å². The average molecular weight is 538 g/mol. The number of para-hydroxylation sites is 1. The van der Waals surface area contributed by atoms with Crippen molar-refractivity contribution in [2.24, 2.45) is 11.8 Å². The van der Waals surface area contributed by atoms with Gasteiger partial charge in [-0.1, -0.05) is 49.4 Å². The molecular weight excluding hydrogens is 502 g/mol. The summed E-state index contributed by atoms with van der Waals surface area (Å²) in [7, 11) is 1.52. The van der Waals surface area contributed by atoms with Crippen molar-refractivity contribution in [2.45, 2.75) is 63.4 Å². The van der Waals surface area contributed by atoms with Crippen molar-refractivity contribution in [2.75, 3.05) is 7.05 Å². The fourth-order valence-electron chi connectivity index (χ4n) is 5.03. The average Bonchev–Trinajstić information content (AvgIpc) is 3.75. The number of aromatic hydroxyl groups is 1. The highest BCUT2D eigenvalue weighted by Crippen LogP contribution is 2.36. The number of phenolic OH excluding ortho intramolecular Hbond substituents is 1. The molecule has 4 rings (SSSR count). The van der Waals surface area contributed by atoms with Crippen LogP contribution >= 0.6 is 0 Å². The summed E-state index contributed by atoms with van der Waals surface area (Å²) in [5.41, 5.74) is 0.776. The summed E-state index contributed by atoms with van der Waals surface area (Å²) in [6, 6.07) is 12.0. The van der Waals surface area contributed by atoms with Crippen LogP contribution in [0.25, 0.3) is 0 Å². The van der Waals surface area contributed by atoms with Gasteiger partial charge in [0.05, 0.1) is 23.6 Å². The minimum atomic E-state index is -1.35.